The molecule has 30 nitrogen and oxygen atoms in total. The van der Waals surface area contributed by atoms with Crippen molar-refractivity contribution in [2.24, 2.45) is 11.1 Å². The summed E-state index contributed by atoms with van der Waals surface area (Å²) in [5.74, 6) is -8.31. The number of amides is 8. The Balaban J connectivity index is 1.18. The Morgan fingerprint density at radius 1 is 0.644 bits per heavy atom. The number of unbranched alkanes of at least 4 members (excludes halogenated alkanes) is 1. The number of hydrogen-bond donors (Lipinski definition) is 21. The summed E-state index contributed by atoms with van der Waals surface area (Å²) in [6.07, 6.45) is -0.340. The predicted molar refractivity (Wildman–Crippen MR) is 388 cm³/mol. The monoisotopic (exact) mass is 1440 g/mol. The minimum absolute atomic E-state index is 0.00452. The third-order valence-electron chi connectivity index (χ3n) is 17.9. The van der Waals surface area contributed by atoms with E-state index in [2.05, 4.69) is 91.7 Å². The van der Waals surface area contributed by atoms with E-state index in [1.165, 1.54) is 19.1 Å². The maximum absolute atomic E-state index is 15.3. The normalized spacial score (nSPS) is 25.2. The second-order valence-electron chi connectivity index (χ2n) is 26.8. The molecule has 0 saturated carbocycles. The molecule has 4 fully saturated rings. The molecule has 3 aromatic carbocycles. The zero-order valence-electron chi connectivity index (χ0n) is 57.9. The van der Waals surface area contributed by atoms with Crippen molar-refractivity contribution in [1.29, 1.82) is 0 Å². The van der Waals surface area contributed by atoms with Crippen LogP contribution < -0.4 is 85.5 Å². The Labute approximate surface area is 597 Å². The van der Waals surface area contributed by atoms with Crippen LogP contribution in [0.4, 0.5) is 0 Å². The van der Waals surface area contributed by atoms with Gasteiger partial charge in [-0.1, -0.05) is 95.6 Å². The number of carboxylic acid groups (broad SMARTS) is 1. The lowest BCUT2D eigenvalue weighted by molar-refractivity contribution is -0.145. The van der Waals surface area contributed by atoms with E-state index >= 15 is 14.4 Å². The number of rotatable bonds is 23. The molecule has 2 unspecified atom stereocenters. The van der Waals surface area contributed by atoms with Crippen LogP contribution in [0, 0.1) is 5.41 Å². The number of aromatic hydroxyl groups is 1. The van der Waals surface area contributed by atoms with E-state index in [-0.39, 0.29) is 80.1 Å². The number of phenolic OH excluding ortho intramolecular Hbond substituents is 1. The van der Waals surface area contributed by atoms with Gasteiger partial charge in [0.1, 0.15) is 36.0 Å². The topological polar surface area (TPSA) is 457 Å². The van der Waals surface area contributed by atoms with Gasteiger partial charge in [-0.25, -0.2) is 4.79 Å². The summed E-state index contributed by atoms with van der Waals surface area (Å²) in [7, 11) is 1.85. The molecule has 1 aromatic heterocycles. The first-order valence-corrected chi connectivity index (χ1v) is 37.3. The van der Waals surface area contributed by atoms with Crippen LogP contribution >= 0.6 is 21.6 Å². The van der Waals surface area contributed by atoms with Gasteiger partial charge < -0.3 is 111 Å². The third kappa shape index (κ3) is 27.0. The van der Waals surface area contributed by atoms with Crippen LogP contribution in [0.1, 0.15) is 76.0 Å². The summed E-state index contributed by atoms with van der Waals surface area (Å²) in [4.78, 5) is 132. The van der Waals surface area contributed by atoms with Gasteiger partial charge in [-0.3, -0.25) is 38.4 Å². The summed E-state index contributed by atoms with van der Waals surface area (Å²) in [5.41, 5.74) is 7.92. The van der Waals surface area contributed by atoms with E-state index in [0.717, 1.165) is 84.2 Å². The third-order valence-corrected chi connectivity index (χ3v) is 20.3. The molecule has 4 aliphatic heterocycles. The van der Waals surface area contributed by atoms with E-state index in [9.17, 15) is 49.2 Å². The molecule has 4 aliphatic rings. The molecule has 22 N–H and O–H groups in total. The summed E-state index contributed by atoms with van der Waals surface area (Å²) >= 11 is 0. The second-order valence-corrected chi connectivity index (χ2v) is 29.3. The Morgan fingerprint density at radius 3 is 1.87 bits per heavy atom. The van der Waals surface area contributed by atoms with Crippen LogP contribution in [-0.2, 0) is 62.4 Å². The maximum Gasteiger partial charge on any atom is 0.328 e. The molecule has 4 saturated heterocycles. The molecule has 2 bridgehead atoms. The van der Waals surface area contributed by atoms with Gasteiger partial charge in [0.05, 0.1) is 23.8 Å². The summed E-state index contributed by atoms with van der Waals surface area (Å²) in [6.45, 7) is 12.9. The quantitative estimate of drug-likeness (QED) is 0.0264. The molecule has 8 amide bonds. The average molecular weight is 1440 g/mol. The fourth-order valence-corrected chi connectivity index (χ4v) is 14.5. The zero-order chi connectivity index (χ0) is 72.7. The standard InChI is InChI=1S/C69H105N17O13S2/c1-43(87)59-66(97)83-56(65(96)85-60(44(2)88)67(98)99)36-101-100-35-55(64(95)81-54(31-46-19-21-49(89)22-20-46)62(93)79-48(32-47-33-77-51-15-8-7-14-50(47)51)34-78-52(61(92)84-59)16-9-10-23-70)82-63(94)53(30-45-12-5-4-6-13-45)80-57(90)17-11-18-58(91)86-69-40-74-27-24-71-37-68(3,38-72-25-28-75-41-69)39-73-26-29-76-42-69/h4-8,12-15,19-22,33,43-44,48,52-56,59-60,71-78,87-89H,9-11,16-18,23-32,34-42,70H2,1-3H3,(H,79,93)(H,80,90)(H,81,95)(H,82,94)(H,83,97)(H,84,92)(H,85,96)(H,86,91)(H,98,99)/t43?,44?,48-,52+,53-,54+,55+,56+,59+,60+,68?,69?/m1/s1. The van der Waals surface area contributed by atoms with Crippen molar-refractivity contribution >= 4 is 85.7 Å². The molecule has 5 heterocycles. The number of hydrogen-bond acceptors (Lipinski definition) is 22. The molecule has 32 heteroatoms. The van der Waals surface area contributed by atoms with Crippen molar-refractivity contribution in [3.05, 3.63) is 102 Å². The first kappa shape index (κ1) is 80.8. The van der Waals surface area contributed by atoms with Gasteiger partial charge in [0.25, 0.3) is 0 Å². The summed E-state index contributed by atoms with van der Waals surface area (Å²) < 4.78 is 0. The van der Waals surface area contributed by atoms with Crippen molar-refractivity contribution in [3.63, 3.8) is 0 Å². The highest BCUT2D eigenvalue weighted by atomic mass is 33.1. The number of aromatic amines is 1. The van der Waals surface area contributed by atoms with Gasteiger partial charge in [-0.05, 0) is 81.0 Å². The lowest BCUT2D eigenvalue weighted by atomic mass is 9.90. The highest BCUT2D eigenvalue weighted by Crippen LogP contribution is 2.25. The molecule has 556 valence electrons. The van der Waals surface area contributed by atoms with Gasteiger partial charge in [-0.2, -0.15) is 0 Å². The fraction of sp³-hybridized carbons (Fsp3) is 0.580. The zero-order valence-corrected chi connectivity index (χ0v) is 59.5. The van der Waals surface area contributed by atoms with E-state index in [1.54, 1.807) is 48.7 Å². The highest BCUT2D eigenvalue weighted by Gasteiger charge is 2.38. The van der Waals surface area contributed by atoms with Gasteiger partial charge in [0.15, 0.2) is 6.04 Å². The second kappa shape index (κ2) is 41.6. The van der Waals surface area contributed by atoms with E-state index in [0.29, 0.717) is 69.8 Å². The average Bonchev–Trinajstić information content (AvgIpc) is 1.66. The van der Waals surface area contributed by atoms with E-state index in [1.807, 2.05) is 24.3 Å². The molecule has 4 aromatic rings. The molecular formula is C69H105N17O13S2. The Hall–Kier alpha value is -7.47. The van der Waals surface area contributed by atoms with Crippen molar-refractivity contribution < 1.29 is 63.6 Å². The SMILES string of the molecule is CC(O)[C@H](NC(=O)[C@@H]1CSSC[C@H](NC(=O)[C@@H](Cc2ccccc2)NC(=O)CCCC(=O)NC23CNCCNCC(C)(CNCCNC2)CNCCNC3)C(=O)N[C@@H](Cc2ccc(O)cc2)C(=O)N[C@H](Cc2c[nH]c3ccccc23)CN[C@@H](CCCCN)C(=O)N[C@@H](C(C)O)C(=O)N1)C(=O)O. The minimum atomic E-state index is -1.84. The number of carboxylic acids is 1. The van der Waals surface area contributed by atoms with Crippen LogP contribution in [0.5, 0.6) is 5.75 Å². The van der Waals surface area contributed by atoms with Gasteiger partial charge in [0.2, 0.25) is 47.3 Å². The van der Waals surface area contributed by atoms with Crippen LogP contribution in [0.15, 0.2) is 85.1 Å². The number of para-hydroxylation sites is 1. The molecule has 0 radical (unpaired) electrons. The molecule has 10 atom stereocenters. The lowest BCUT2D eigenvalue weighted by Crippen LogP contribution is -2.66. The van der Waals surface area contributed by atoms with Crippen molar-refractivity contribution in [1.82, 2.24) is 84.7 Å². The van der Waals surface area contributed by atoms with Crippen molar-refractivity contribution in [3.8, 4) is 5.75 Å². The molecule has 0 spiro atoms. The fourth-order valence-electron chi connectivity index (χ4n) is 12.2. The number of nitrogens with two attached hydrogens (primary N) is 1. The van der Waals surface area contributed by atoms with Crippen molar-refractivity contribution in [2.45, 2.75) is 145 Å². The summed E-state index contributed by atoms with van der Waals surface area (Å²) in [6, 6.07) is 11.1. The first-order chi connectivity index (χ1) is 48.5. The number of aliphatic hydroxyl groups excluding tert-OH is 2. The Kier molecular flexibility index (Phi) is 33.3. The van der Waals surface area contributed by atoms with Crippen LogP contribution in [0.2, 0.25) is 0 Å². The smallest absolute Gasteiger partial charge is 0.328 e. The van der Waals surface area contributed by atoms with Crippen LogP contribution in [0.3, 0.4) is 0 Å². The van der Waals surface area contributed by atoms with Gasteiger partial charge >= 0.3 is 5.97 Å². The number of H-pyrrole nitrogens is 1. The highest BCUT2D eigenvalue weighted by molar-refractivity contribution is 8.76. The molecule has 8 rings (SSSR count). The van der Waals surface area contributed by atoms with E-state index in [4.69, 9.17) is 5.73 Å². The maximum atomic E-state index is 15.3. The number of phenols is 1. The number of aliphatic hydroxyl groups is 2. The van der Waals surface area contributed by atoms with Gasteiger partial charge in [0, 0.05) is 151 Å². The Bertz CT molecular complexity index is 3270. The minimum Gasteiger partial charge on any atom is -0.508 e. The van der Waals surface area contributed by atoms with Gasteiger partial charge in [-0.15, -0.1) is 0 Å². The summed E-state index contributed by atoms with van der Waals surface area (Å²) in [5, 5.41) is 89.7. The molecule has 0 aliphatic carbocycles. The van der Waals surface area contributed by atoms with Crippen LogP contribution in [-0.4, -0.2) is 248 Å². The lowest BCUT2D eigenvalue weighted by Gasteiger charge is -2.37. The predicted octanol–water partition coefficient (Wildman–Crippen LogP) is -2.78. The Morgan fingerprint density at radius 2 is 1.25 bits per heavy atom. The number of carbonyl (C=O) groups is 9. The number of nitrogens with one attached hydrogen (secondary N) is 16. The molecular weight excluding hydrogens is 1340 g/mol. The largest absolute Gasteiger partial charge is 0.508 e. The number of aromatic nitrogens is 1. The first-order valence-electron chi connectivity index (χ1n) is 34.8. The number of benzene rings is 3. The number of carbonyl (C=O) groups excluding carboxylic acids is 8. The number of fused-ring (bicyclic) bond motifs is 16. The molecule has 101 heavy (non-hydrogen) atoms. The number of aliphatic carboxylic acids is 1. The van der Waals surface area contributed by atoms with Crippen LogP contribution in [0.25, 0.3) is 10.9 Å². The van der Waals surface area contributed by atoms with Crippen molar-refractivity contribution in [2.75, 3.05) is 103 Å². The van der Waals surface area contributed by atoms with E-state index < -0.39 is 113 Å².